The first-order valence-electron chi connectivity index (χ1n) is 13.5. The van der Waals surface area contributed by atoms with Crippen LogP contribution >= 0.6 is 0 Å². The first-order valence-corrected chi connectivity index (χ1v) is 13.5. The number of aryl methyl sites for hydroxylation is 1. The van der Waals surface area contributed by atoms with E-state index in [-0.39, 0.29) is 30.7 Å². The molecule has 208 valence electrons. The number of furan rings is 1. The second-order valence-electron chi connectivity index (χ2n) is 10.5. The SMILES string of the molecule is Cc1c(C(=O)NC(CC(C)C)C(=O)NC2CCCN(C(=O)OCc3ccccc3)CC2O)oc2ccccc12. The molecule has 0 bridgehead atoms. The number of aliphatic hydroxyl groups excluding tert-OH is 1. The van der Waals surface area contributed by atoms with E-state index < -0.39 is 30.2 Å². The highest BCUT2D eigenvalue weighted by Crippen LogP contribution is 2.25. The molecule has 4 rings (SSSR count). The van der Waals surface area contributed by atoms with Gasteiger partial charge in [0.25, 0.3) is 5.91 Å². The first-order chi connectivity index (χ1) is 18.7. The number of rotatable bonds is 8. The van der Waals surface area contributed by atoms with Gasteiger partial charge >= 0.3 is 6.09 Å². The second-order valence-corrected chi connectivity index (χ2v) is 10.5. The van der Waals surface area contributed by atoms with E-state index in [9.17, 15) is 19.5 Å². The lowest BCUT2D eigenvalue weighted by Gasteiger charge is -2.27. The van der Waals surface area contributed by atoms with Crippen LogP contribution in [0, 0.1) is 12.8 Å². The van der Waals surface area contributed by atoms with Crippen molar-refractivity contribution in [3.8, 4) is 0 Å². The van der Waals surface area contributed by atoms with Crippen molar-refractivity contribution < 1.29 is 28.6 Å². The molecule has 0 spiro atoms. The predicted octanol–water partition coefficient (Wildman–Crippen LogP) is 4.16. The summed E-state index contributed by atoms with van der Waals surface area (Å²) in [5, 5.41) is 17.5. The summed E-state index contributed by atoms with van der Waals surface area (Å²) in [5.41, 5.74) is 2.20. The molecule has 3 unspecified atom stereocenters. The summed E-state index contributed by atoms with van der Waals surface area (Å²) in [6, 6.07) is 15.4. The normalized spacial score (nSPS) is 18.4. The number of carbonyl (C=O) groups excluding carboxylic acids is 3. The summed E-state index contributed by atoms with van der Waals surface area (Å²) < 4.78 is 11.2. The van der Waals surface area contributed by atoms with Gasteiger partial charge in [0.05, 0.1) is 18.7 Å². The van der Waals surface area contributed by atoms with Crippen molar-refractivity contribution in [3.63, 3.8) is 0 Å². The largest absolute Gasteiger partial charge is 0.451 e. The molecule has 9 nitrogen and oxygen atoms in total. The van der Waals surface area contributed by atoms with Crippen LogP contribution in [-0.4, -0.2) is 59.2 Å². The Morgan fingerprint density at radius 1 is 1.10 bits per heavy atom. The maximum Gasteiger partial charge on any atom is 0.410 e. The molecule has 3 aromatic rings. The minimum absolute atomic E-state index is 0.0396. The fraction of sp³-hybridized carbons (Fsp3) is 0.433. The van der Waals surface area contributed by atoms with Crippen LogP contribution in [0.5, 0.6) is 0 Å². The Morgan fingerprint density at radius 2 is 1.82 bits per heavy atom. The van der Waals surface area contributed by atoms with Gasteiger partial charge in [0.1, 0.15) is 18.2 Å². The van der Waals surface area contributed by atoms with E-state index in [1.807, 2.05) is 69.3 Å². The summed E-state index contributed by atoms with van der Waals surface area (Å²) in [6.45, 7) is 6.35. The van der Waals surface area contributed by atoms with Crippen LogP contribution in [-0.2, 0) is 16.1 Å². The third kappa shape index (κ3) is 7.17. The van der Waals surface area contributed by atoms with Crippen molar-refractivity contribution >= 4 is 28.9 Å². The molecule has 1 fully saturated rings. The number of para-hydroxylation sites is 1. The smallest absolute Gasteiger partial charge is 0.410 e. The minimum atomic E-state index is -0.978. The summed E-state index contributed by atoms with van der Waals surface area (Å²) in [7, 11) is 0. The lowest BCUT2D eigenvalue weighted by atomic mass is 10.0. The molecule has 2 aromatic carbocycles. The van der Waals surface area contributed by atoms with Crippen LogP contribution < -0.4 is 10.6 Å². The number of likely N-dealkylation sites (tertiary alicyclic amines) is 1. The molecule has 3 atom stereocenters. The molecule has 9 heteroatoms. The lowest BCUT2D eigenvalue weighted by molar-refractivity contribution is -0.125. The summed E-state index contributed by atoms with van der Waals surface area (Å²) in [4.78, 5) is 40.6. The third-order valence-electron chi connectivity index (χ3n) is 6.98. The quantitative estimate of drug-likeness (QED) is 0.398. The standard InChI is InChI=1S/C30H37N3O6/c1-19(2)16-24(32-29(36)27-20(3)22-12-7-8-14-26(22)39-27)28(35)31-23-13-9-15-33(17-25(23)34)30(37)38-18-21-10-5-4-6-11-21/h4-8,10-12,14,19,23-25,34H,9,13,15-18H2,1-3H3,(H,31,35)(H,32,36). The lowest BCUT2D eigenvalue weighted by Crippen LogP contribution is -2.54. The first kappa shape index (κ1) is 28.2. The number of fused-ring (bicyclic) bond motifs is 1. The number of benzene rings is 2. The van der Waals surface area contributed by atoms with Gasteiger partial charge in [0, 0.05) is 17.5 Å². The highest BCUT2D eigenvalue weighted by Gasteiger charge is 2.32. The van der Waals surface area contributed by atoms with Crippen molar-refractivity contribution in [3.05, 3.63) is 71.5 Å². The Bertz CT molecular complexity index is 1290. The topological polar surface area (TPSA) is 121 Å². The van der Waals surface area contributed by atoms with E-state index in [4.69, 9.17) is 9.15 Å². The zero-order chi connectivity index (χ0) is 27.9. The molecule has 1 aromatic heterocycles. The minimum Gasteiger partial charge on any atom is -0.451 e. The van der Waals surface area contributed by atoms with Gasteiger partial charge in [0.15, 0.2) is 5.76 Å². The fourth-order valence-corrected chi connectivity index (χ4v) is 4.88. The molecule has 0 saturated carbocycles. The third-order valence-corrected chi connectivity index (χ3v) is 6.98. The molecule has 0 aliphatic carbocycles. The Labute approximate surface area is 228 Å². The van der Waals surface area contributed by atoms with Crippen LogP contribution in [0.2, 0.25) is 0 Å². The highest BCUT2D eigenvalue weighted by atomic mass is 16.6. The average molecular weight is 536 g/mol. The molecule has 1 saturated heterocycles. The number of carbonyl (C=O) groups is 3. The molecule has 0 radical (unpaired) electrons. The summed E-state index contributed by atoms with van der Waals surface area (Å²) >= 11 is 0. The number of ether oxygens (including phenoxy) is 1. The number of nitrogens with zero attached hydrogens (tertiary/aromatic N) is 1. The molecule has 1 aliphatic rings. The van der Waals surface area contributed by atoms with Crippen LogP contribution in [0.3, 0.4) is 0 Å². The van der Waals surface area contributed by atoms with Gasteiger partial charge in [0.2, 0.25) is 5.91 Å². The Hall–Kier alpha value is -3.85. The van der Waals surface area contributed by atoms with Crippen LogP contribution in [0.15, 0.2) is 59.0 Å². The van der Waals surface area contributed by atoms with Crippen LogP contribution in [0.25, 0.3) is 11.0 Å². The van der Waals surface area contributed by atoms with Crippen molar-refractivity contribution in [1.29, 1.82) is 0 Å². The molecule has 2 heterocycles. The molecular weight excluding hydrogens is 498 g/mol. The van der Waals surface area contributed by atoms with Gasteiger partial charge in [-0.3, -0.25) is 9.59 Å². The summed E-state index contributed by atoms with van der Waals surface area (Å²) in [6.07, 6.45) is 0.00425. The van der Waals surface area contributed by atoms with Gasteiger partial charge < -0.3 is 29.8 Å². The number of nitrogens with one attached hydrogen (secondary N) is 2. The van der Waals surface area contributed by atoms with Crippen LogP contribution in [0.1, 0.15) is 54.8 Å². The van der Waals surface area contributed by atoms with E-state index >= 15 is 0 Å². The van der Waals surface area contributed by atoms with Crippen molar-refractivity contribution in [2.24, 2.45) is 5.92 Å². The molecule has 1 aliphatic heterocycles. The van der Waals surface area contributed by atoms with Crippen molar-refractivity contribution in [2.45, 2.75) is 64.8 Å². The van der Waals surface area contributed by atoms with Crippen LogP contribution in [0.4, 0.5) is 4.79 Å². The van der Waals surface area contributed by atoms with Crippen molar-refractivity contribution in [1.82, 2.24) is 15.5 Å². The maximum absolute atomic E-state index is 13.3. The van der Waals surface area contributed by atoms with E-state index in [0.717, 1.165) is 10.9 Å². The molecule has 3 N–H and O–H groups in total. The number of hydrogen-bond donors (Lipinski definition) is 3. The highest BCUT2D eigenvalue weighted by molar-refractivity contribution is 6.00. The van der Waals surface area contributed by atoms with E-state index in [1.165, 1.54) is 4.90 Å². The van der Waals surface area contributed by atoms with Gasteiger partial charge in [-0.15, -0.1) is 0 Å². The Kier molecular flexibility index (Phi) is 9.24. The van der Waals surface area contributed by atoms with Gasteiger partial charge in [-0.1, -0.05) is 62.4 Å². The monoisotopic (exact) mass is 535 g/mol. The number of amides is 3. The number of hydrogen-bond acceptors (Lipinski definition) is 6. The number of β-amino-alcohol motifs (C(OH)–C–C–N with tert-alkyl or cyclic N) is 1. The average Bonchev–Trinajstić information content (AvgIpc) is 3.15. The van der Waals surface area contributed by atoms with Gasteiger partial charge in [-0.25, -0.2) is 4.79 Å². The number of aliphatic hydroxyl groups is 1. The second kappa shape index (κ2) is 12.8. The van der Waals surface area contributed by atoms with E-state index in [2.05, 4.69) is 10.6 Å². The predicted molar refractivity (Wildman–Crippen MR) is 147 cm³/mol. The molecular formula is C30H37N3O6. The van der Waals surface area contributed by atoms with Gasteiger partial charge in [-0.2, -0.15) is 0 Å². The Morgan fingerprint density at radius 3 is 2.54 bits per heavy atom. The summed E-state index contributed by atoms with van der Waals surface area (Å²) in [5.74, 6) is -0.531. The zero-order valence-electron chi connectivity index (χ0n) is 22.7. The van der Waals surface area contributed by atoms with E-state index in [0.29, 0.717) is 37.0 Å². The maximum atomic E-state index is 13.3. The molecule has 39 heavy (non-hydrogen) atoms. The fourth-order valence-electron chi connectivity index (χ4n) is 4.88. The van der Waals surface area contributed by atoms with Gasteiger partial charge in [-0.05, 0) is 43.7 Å². The Balaban J connectivity index is 1.37. The van der Waals surface area contributed by atoms with E-state index in [1.54, 1.807) is 6.07 Å². The zero-order valence-corrected chi connectivity index (χ0v) is 22.7. The molecule has 3 amide bonds. The van der Waals surface area contributed by atoms with Crippen molar-refractivity contribution in [2.75, 3.05) is 13.1 Å².